The van der Waals surface area contributed by atoms with Gasteiger partial charge in [-0.15, -0.1) is 0 Å². The molecule has 2 aliphatic heterocycles. The second kappa shape index (κ2) is 3.77. The molecular weight excluding hydrogens is 184 g/mol. The van der Waals surface area contributed by atoms with E-state index in [1.165, 1.54) is 0 Å². The topological polar surface area (TPSA) is 47.9 Å². The van der Waals surface area contributed by atoms with Gasteiger partial charge in [-0.25, -0.2) is 0 Å². The smallest absolute Gasteiger partial charge is 0.187 e. The number of aliphatic hydroxyl groups is 1. The van der Waals surface area contributed by atoms with E-state index in [2.05, 4.69) is 0 Å². The first-order valence-corrected chi connectivity index (χ1v) is 5.23. The molecule has 0 aromatic rings. The number of rotatable bonds is 3. The number of fused-ring (bicyclic) bond motifs is 1. The van der Waals surface area contributed by atoms with Crippen LogP contribution in [0.2, 0.25) is 0 Å². The molecule has 0 saturated carbocycles. The third kappa shape index (κ3) is 2.08. The van der Waals surface area contributed by atoms with Crippen molar-refractivity contribution in [2.45, 2.75) is 57.4 Å². The Labute approximate surface area is 84.1 Å². The van der Waals surface area contributed by atoms with Crippen LogP contribution >= 0.6 is 0 Å². The third-order valence-corrected chi connectivity index (χ3v) is 2.64. The van der Waals surface area contributed by atoms with Gasteiger partial charge in [-0.05, 0) is 26.7 Å². The first kappa shape index (κ1) is 10.4. The molecule has 1 unspecified atom stereocenters. The van der Waals surface area contributed by atoms with E-state index in [1.54, 1.807) is 0 Å². The van der Waals surface area contributed by atoms with Gasteiger partial charge in [-0.3, -0.25) is 0 Å². The van der Waals surface area contributed by atoms with Crippen molar-refractivity contribution < 1.29 is 19.3 Å². The third-order valence-electron chi connectivity index (χ3n) is 2.64. The van der Waals surface area contributed by atoms with Crippen LogP contribution in [-0.4, -0.2) is 36.0 Å². The van der Waals surface area contributed by atoms with Crippen molar-refractivity contribution in [3.05, 3.63) is 0 Å². The molecule has 0 aliphatic carbocycles. The first-order chi connectivity index (χ1) is 6.61. The summed E-state index contributed by atoms with van der Waals surface area (Å²) in [5.74, 6) is -0.503. The molecule has 0 radical (unpaired) electrons. The summed E-state index contributed by atoms with van der Waals surface area (Å²) < 4.78 is 16.9. The highest BCUT2D eigenvalue weighted by molar-refractivity contribution is 4.84. The van der Waals surface area contributed by atoms with Crippen LogP contribution in [0.1, 0.15) is 33.1 Å². The van der Waals surface area contributed by atoms with Crippen LogP contribution in [0.25, 0.3) is 0 Å². The molecule has 82 valence electrons. The minimum Gasteiger partial charge on any atom is -0.396 e. The van der Waals surface area contributed by atoms with Crippen molar-refractivity contribution >= 4 is 0 Å². The Balaban J connectivity index is 1.81. The fourth-order valence-corrected chi connectivity index (χ4v) is 2.09. The van der Waals surface area contributed by atoms with Gasteiger partial charge in [0.25, 0.3) is 0 Å². The van der Waals surface area contributed by atoms with E-state index in [-0.39, 0.29) is 25.1 Å². The van der Waals surface area contributed by atoms with Crippen LogP contribution in [0.5, 0.6) is 0 Å². The molecule has 2 fully saturated rings. The highest BCUT2D eigenvalue weighted by atomic mass is 16.8. The summed E-state index contributed by atoms with van der Waals surface area (Å²) in [5.41, 5.74) is 0. The molecule has 0 amide bonds. The fraction of sp³-hybridized carbons (Fsp3) is 1.00. The highest BCUT2D eigenvalue weighted by Gasteiger charge is 2.48. The molecule has 4 heteroatoms. The van der Waals surface area contributed by atoms with Gasteiger partial charge < -0.3 is 19.3 Å². The average Bonchev–Trinajstić information content (AvgIpc) is 2.53. The maximum atomic E-state index is 8.69. The van der Waals surface area contributed by atoms with Crippen molar-refractivity contribution in [1.29, 1.82) is 0 Å². The van der Waals surface area contributed by atoms with Crippen LogP contribution < -0.4 is 0 Å². The van der Waals surface area contributed by atoms with Gasteiger partial charge in [0.05, 0.1) is 6.10 Å². The van der Waals surface area contributed by atoms with Gasteiger partial charge in [-0.1, -0.05) is 0 Å². The Morgan fingerprint density at radius 1 is 1.36 bits per heavy atom. The summed E-state index contributed by atoms with van der Waals surface area (Å²) >= 11 is 0. The minimum absolute atomic E-state index is 0.0775. The summed E-state index contributed by atoms with van der Waals surface area (Å²) in [4.78, 5) is 0. The van der Waals surface area contributed by atoms with E-state index >= 15 is 0 Å². The average molecular weight is 202 g/mol. The van der Waals surface area contributed by atoms with Crippen LogP contribution in [0.4, 0.5) is 0 Å². The Kier molecular flexibility index (Phi) is 2.79. The Hall–Kier alpha value is -0.160. The number of hydrogen-bond donors (Lipinski definition) is 1. The second-order valence-electron chi connectivity index (χ2n) is 4.40. The summed E-state index contributed by atoms with van der Waals surface area (Å²) in [7, 11) is 0. The largest absolute Gasteiger partial charge is 0.396 e. The number of ether oxygens (including phenoxy) is 3. The Bertz CT molecular complexity index is 188. The van der Waals surface area contributed by atoms with Crippen molar-refractivity contribution in [3.8, 4) is 0 Å². The number of hydrogen-bond acceptors (Lipinski definition) is 4. The Morgan fingerprint density at radius 3 is 2.79 bits per heavy atom. The normalized spacial score (nSPS) is 40.1. The quantitative estimate of drug-likeness (QED) is 0.742. The van der Waals surface area contributed by atoms with Crippen molar-refractivity contribution in [1.82, 2.24) is 0 Å². The molecule has 2 aliphatic rings. The molecule has 0 spiro atoms. The minimum atomic E-state index is -0.503. The lowest BCUT2D eigenvalue weighted by molar-refractivity contribution is -0.205. The molecule has 1 N–H and O–H groups in total. The van der Waals surface area contributed by atoms with Gasteiger partial charge >= 0.3 is 0 Å². The molecule has 2 heterocycles. The van der Waals surface area contributed by atoms with Gasteiger partial charge in [0.1, 0.15) is 6.10 Å². The molecule has 0 aromatic carbocycles. The molecule has 0 aromatic heterocycles. The monoisotopic (exact) mass is 202 g/mol. The first-order valence-electron chi connectivity index (χ1n) is 5.23. The predicted octanol–water partition coefficient (Wildman–Crippen LogP) is 1.03. The van der Waals surface area contributed by atoms with E-state index in [9.17, 15) is 0 Å². The molecule has 2 rings (SSSR count). The van der Waals surface area contributed by atoms with Crippen LogP contribution in [0.3, 0.4) is 0 Å². The molecule has 0 bridgehead atoms. The lowest BCUT2D eigenvalue weighted by atomic mass is 10.1. The zero-order valence-electron chi connectivity index (χ0n) is 8.73. The van der Waals surface area contributed by atoms with Crippen LogP contribution in [0, 0.1) is 0 Å². The molecule has 4 nitrogen and oxygen atoms in total. The van der Waals surface area contributed by atoms with Crippen molar-refractivity contribution in [3.63, 3.8) is 0 Å². The second-order valence-corrected chi connectivity index (χ2v) is 4.40. The van der Waals surface area contributed by atoms with Gasteiger partial charge in [0.2, 0.25) is 0 Å². The van der Waals surface area contributed by atoms with E-state index in [4.69, 9.17) is 19.3 Å². The van der Waals surface area contributed by atoms with E-state index in [0.717, 1.165) is 19.3 Å². The van der Waals surface area contributed by atoms with E-state index < -0.39 is 5.79 Å². The van der Waals surface area contributed by atoms with Crippen molar-refractivity contribution in [2.24, 2.45) is 0 Å². The lowest BCUT2D eigenvalue weighted by Crippen LogP contribution is -2.24. The van der Waals surface area contributed by atoms with Crippen LogP contribution in [0.15, 0.2) is 0 Å². The molecule has 3 atom stereocenters. The standard InChI is InChI=1S/C10H18O4/c1-10(2)13-8-6-7(4-3-5-11)12-9(8)14-10/h7-9,11H,3-6H2,1-2H3/t7-,8?,9+/m0/s1. The summed E-state index contributed by atoms with van der Waals surface area (Å²) in [6.07, 6.45) is 2.62. The zero-order chi connectivity index (χ0) is 10.2. The van der Waals surface area contributed by atoms with Gasteiger partial charge in [-0.2, -0.15) is 0 Å². The molecule has 2 saturated heterocycles. The lowest BCUT2D eigenvalue weighted by Gasteiger charge is -2.20. The fourth-order valence-electron chi connectivity index (χ4n) is 2.09. The van der Waals surface area contributed by atoms with E-state index in [1.807, 2.05) is 13.8 Å². The van der Waals surface area contributed by atoms with Gasteiger partial charge in [0, 0.05) is 13.0 Å². The molecular formula is C10H18O4. The van der Waals surface area contributed by atoms with E-state index in [0.29, 0.717) is 0 Å². The maximum absolute atomic E-state index is 8.69. The number of aliphatic hydroxyl groups excluding tert-OH is 1. The van der Waals surface area contributed by atoms with Crippen molar-refractivity contribution in [2.75, 3.05) is 6.61 Å². The summed E-state index contributed by atoms with van der Waals surface area (Å²) in [5, 5.41) is 8.69. The molecule has 14 heavy (non-hydrogen) atoms. The zero-order valence-corrected chi connectivity index (χ0v) is 8.73. The SMILES string of the molecule is CC1(C)OC2C[C@H](CCCO)O[C@@H]2O1. The van der Waals surface area contributed by atoms with Crippen LogP contribution in [-0.2, 0) is 14.2 Å². The summed E-state index contributed by atoms with van der Waals surface area (Å²) in [6.45, 7) is 4.03. The maximum Gasteiger partial charge on any atom is 0.187 e. The predicted molar refractivity (Wildman–Crippen MR) is 49.6 cm³/mol. The van der Waals surface area contributed by atoms with Gasteiger partial charge in [0.15, 0.2) is 12.1 Å². The highest BCUT2D eigenvalue weighted by Crippen LogP contribution is 2.37. The Morgan fingerprint density at radius 2 is 2.14 bits per heavy atom. The summed E-state index contributed by atoms with van der Waals surface area (Å²) in [6, 6.07) is 0.